The first-order chi connectivity index (χ1) is 16.8. The van der Waals surface area contributed by atoms with Gasteiger partial charge in [0.15, 0.2) is 5.13 Å². The highest BCUT2D eigenvalue weighted by Crippen LogP contribution is 2.45. The van der Waals surface area contributed by atoms with Crippen molar-refractivity contribution in [1.82, 2.24) is 4.98 Å². The third kappa shape index (κ3) is 3.96. The molecule has 2 heterocycles. The van der Waals surface area contributed by atoms with E-state index >= 15 is 0 Å². The van der Waals surface area contributed by atoms with Gasteiger partial charge in [0.05, 0.1) is 34.5 Å². The van der Waals surface area contributed by atoms with Crippen molar-refractivity contribution in [2.75, 3.05) is 12.0 Å². The molecule has 1 atom stereocenters. The molecule has 35 heavy (non-hydrogen) atoms. The molecule has 1 amide bonds. The average Bonchev–Trinajstić information content (AvgIpc) is 3.36. The summed E-state index contributed by atoms with van der Waals surface area (Å²) in [5.41, 5.74) is 3.52. The molecule has 8 heteroatoms. The number of aliphatic hydroxyl groups is 1. The van der Waals surface area contributed by atoms with Crippen molar-refractivity contribution in [3.63, 3.8) is 0 Å². The van der Waals surface area contributed by atoms with Crippen molar-refractivity contribution < 1.29 is 19.4 Å². The maximum absolute atomic E-state index is 13.4. The number of thiazole rings is 1. The molecule has 0 radical (unpaired) electrons. The number of fused-ring (bicyclic) bond motifs is 1. The molecule has 0 aliphatic carbocycles. The monoisotopic (exact) mass is 504 g/mol. The second-order valence-corrected chi connectivity index (χ2v) is 9.84. The lowest BCUT2D eigenvalue weighted by molar-refractivity contribution is -0.132. The van der Waals surface area contributed by atoms with Gasteiger partial charge in [0.1, 0.15) is 11.5 Å². The molecule has 1 saturated heterocycles. The van der Waals surface area contributed by atoms with E-state index < -0.39 is 17.7 Å². The van der Waals surface area contributed by atoms with Gasteiger partial charge in [-0.3, -0.25) is 14.5 Å². The number of methoxy groups -OCH3 is 1. The van der Waals surface area contributed by atoms with Crippen LogP contribution in [-0.4, -0.2) is 28.9 Å². The average molecular weight is 505 g/mol. The van der Waals surface area contributed by atoms with Gasteiger partial charge >= 0.3 is 5.91 Å². The first-order valence-electron chi connectivity index (χ1n) is 10.9. The molecular formula is C27H21ClN2O4S. The number of carbonyl (C=O) groups excluding carboxylic acids is 2. The summed E-state index contributed by atoms with van der Waals surface area (Å²) < 4.78 is 6.23. The van der Waals surface area contributed by atoms with Crippen LogP contribution in [0.25, 0.3) is 16.0 Å². The van der Waals surface area contributed by atoms with E-state index in [9.17, 15) is 14.7 Å². The van der Waals surface area contributed by atoms with Gasteiger partial charge in [-0.25, -0.2) is 4.98 Å². The fourth-order valence-electron chi connectivity index (χ4n) is 4.33. The van der Waals surface area contributed by atoms with Crippen molar-refractivity contribution in [2.45, 2.75) is 19.9 Å². The summed E-state index contributed by atoms with van der Waals surface area (Å²) in [6.07, 6.45) is 0. The zero-order chi connectivity index (χ0) is 24.9. The lowest BCUT2D eigenvalue weighted by Gasteiger charge is -2.23. The van der Waals surface area contributed by atoms with Crippen LogP contribution in [0.1, 0.15) is 28.3 Å². The third-order valence-electron chi connectivity index (χ3n) is 5.96. The fraction of sp³-hybridized carbons (Fsp3) is 0.148. The Kier molecular flexibility index (Phi) is 5.83. The van der Waals surface area contributed by atoms with Gasteiger partial charge in [-0.15, -0.1) is 0 Å². The highest BCUT2D eigenvalue weighted by Gasteiger charge is 2.48. The number of nitrogens with zero attached hydrogens (tertiary/aromatic N) is 2. The number of ether oxygens (including phenoxy) is 1. The molecule has 0 spiro atoms. The van der Waals surface area contributed by atoms with E-state index in [1.807, 2.05) is 44.2 Å². The Hall–Kier alpha value is -3.68. The molecular weight excluding hydrogens is 484 g/mol. The minimum atomic E-state index is -0.865. The van der Waals surface area contributed by atoms with Gasteiger partial charge in [0.2, 0.25) is 0 Å². The minimum absolute atomic E-state index is 0.0122. The molecule has 6 nitrogen and oxygen atoms in total. The molecule has 5 rings (SSSR count). The Morgan fingerprint density at radius 1 is 1.06 bits per heavy atom. The van der Waals surface area contributed by atoms with E-state index in [-0.39, 0.29) is 11.3 Å². The Labute approximate surface area is 211 Å². The van der Waals surface area contributed by atoms with Crippen molar-refractivity contribution in [1.29, 1.82) is 0 Å². The molecule has 4 aromatic rings. The third-order valence-corrected chi connectivity index (χ3v) is 7.21. The second-order valence-electron chi connectivity index (χ2n) is 8.40. The predicted octanol–water partition coefficient (Wildman–Crippen LogP) is 6.20. The highest BCUT2D eigenvalue weighted by molar-refractivity contribution is 7.22. The molecule has 1 N–H and O–H groups in total. The summed E-state index contributed by atoms with van der Waals surface area (Å²) >= 11 is 7.41. The Bertz CT molecular complexity index is 1540. The molecule has 1 aliphatic rings. The smallest absolute Gasteiger partial charge is 0.301 e. The topological polar surface area (TPSA) is 79.7 Å². The zero-order valence-corrected chi connectivity index (χ0v) is 20.8. The normalized spacial score (nSPS) is 17.4. The SMILES string of the molecule is COc1ccc(C)cc1/C(O)=C1\C(=O)C(=O)N(c2nc3ccc(Cl)cc3s2)C1c1cccc(C)c1. The van der Waals surface area contributed by atoms with Crippen molar-refractivity contribution in [3.8, 4) is 5.75 Å². The Morgan fingerprint density at radius 2 is 1.83 bits per heavy atom. The van der Waals surface area contributed by atoms with E-state index in [4.69, 9.17) is 16.3 Å². The number of aryl methyl sites for hydroxylation is 2. The summed E-state index contributed by atoms with van der Waals surface area (Å²) in [4.78, 5) is 32.8. The van der Waals surface area contributed by atoms with E-state index in [0.717, 1.165) is 15.8 Å². The number of amides is 1. The summed E-state index contributed by atoms with van der Waals surface area (Å²) in [7, 11) is 1.49. The maximum atomic E-state index is 13.4. The van der Waals surface area contributed by atoms with E-state index in [2.05, 4.69) is 4.98 Å². The minimum Gasteiger partial charge on any atom is -0.507 e. The molecule has 1 aliphatic heterocycles. The number of hydrogen-bond donors (Lipinski definition) is 1. The van der Waals surface area contributed by atoms with Gasteiger partial charge in [0.25, 0.3) is 5.78 Å². The molecule has 1 fully saturated rings. The van der Waals surface area contributed by atoms with Crippen LogP contribution < -0.4 is 9.64 Å². The number of Topliss-reactive ketones (excluding diaryl/α,β-unsaturated/α-hetero) is 1. The number of rotatable bonds is 4. The number of benzene rings is 3. The number of anilines is 1. The van der Waals surface area contributed by atoms with Gasteiger partial charge in [-0.2, -0.15) is 0 Å². The highest BCUT2D eigenvalue weighted by atomic mass is 35.5. The number of ketones is 1. The van der Waals surface area contributed by atoms with Crippen LogP contribution in [0.15, 0.2) is 66.2 Å². The van der Waals surface area contributed by atoms with E-state index in [1.165, 1.54) is 23.3 Å². The fourth-order valence-corrected chi connectivity index (χ4v) is 5.60. The van der Waals surface area contributed by atoms with Crippen LogP contribution in [0.3, 0.4) is 0 Å². The number of aliphatic hydroxyl groups excluding tert-OH is 1. The first-order valence-corrected chi connectivity index (χ1v) is 12.1. The van der Waals surface area contributed by atoms with Crippen molar-refractivity contribution in [3.05, 3.63) is 93.5 Å². The van der Waals surface area contributed by atoms with Gasteiger partial charge in [0, 0.05) is 5.02 Å². The van der Waals surface area contributed by atoms with Crippen LogP contribution in [0.4, 0.5) is 5.13 Å². The van der Waals surface area contributed by atoms with Crippen molar-refractivity contribution in [2.24, 2.45) is 0 Å². The van der Waals surface area contributed by atoms with E-state index in [0.29, 0.717) is 32.5 Å². The summed E-state index contributed by atoms with van der Waals surface area (Å²) in [5, 5.41) is 12.4. The van der Waals surface area contributed by atoms with Gasteiger partial charge in [-0.05, 0) is 49.7 Å². The van der Waals surface area contributed by atoms with Gasteiger partial charge < -0.3 is 9.84 Å². The number of hydrogen-bond acceptors (Lipinski definition) is 6. The number of halogens is 1. The van der Waals surface area contributed by atoms with E-state index in [1.54, 1.807) is 30.3 Å². The molecule has 1 unspecified atom stereocenters. The zero-order valence-electron chi connectivity index (χ0n) is 19.2. The quantitative estimate of drug-likeness (QED) is 0.203. The summed E-state index contributed by atoms with van der Waals surface area (Å²) in [6, 6.07) is 17.2. The number of aromatic nitrogens is 1. The summed E-state index contributed by atoms with van der Waals surface area (Å²) in [6.45, 7) is 3.80. The second kappa shape index (κ2) is 8.83. The van der Waals surface area contributed by atoms with Crippen LogP contribution >= 0.6 is 22.9 Å². The van der Waals surface area contributed by atoms with Crippen LogP contribution in [0.2, 0.25) is 5.02 Å². The Balaban J connectivity index is 1.77. The summed E-state index contributed by atoms with van der Waals surface area (Å²) in [5.74, 6) is -1.43. The Morgan fingerprint density at radius 3 is 2.57 bits per heavy atom. The largest absolute Gasteiger partial charge is 0.507 e. The molecule has 0 saturated carbocycles. The lowest BCUT2D eigenvalue weighted by Crippen LogP contribution is -2.29. The molecule has 176 valence electrons. The van der Waals surface area contributed by atoms with Crippen LogP contribution in [0.5, 0.6) is 5.75 Å². The number of carbonyl (C=O) groups is 2. The van der Waals surface area contributed by atoms with Crippen LogP contribution in [-0.2, 0) is 9.59 Å². The molecule has 0 bridgehead atoms. The standard InChI is InChI=1S/C27H21ClN2O4S/c1-14-5-4-6-16(11-14)23-22(24(31)18-12-15(2)7-10-20(18)34-3)25(32)26(33)30(23)27-29-19-9-8-17(28)13-21(19)35-27/h4-13,23,31H,1-3H3/b24-22+. The van der Waals surface area contributed by atoms with Crippen LogP contribution in [0, 0.1) is 13.8 Å². The molecule has 3 aromatic carbocycles. The van der Waals surface area contributed by atoms with Gasteiger partial charge in [-0.1, -0.05) is 64.4 Å². The first kappa shape index (κ1) is 23.1. The predicted molar refractivity (Wildman–Crippen MR) is 138 cm³/mol. The lowest BCUT2D eigenvalue weighted by atomic mass is 9.94. The maximum Gasteiger partial charge on any atom is 0.301 e. The van der Waals surface area contributed by atoms with Crippen molar-refractivity contribution >= 4 is 55.7 Å². The molecule has 1 aromatic heterocycles.